The van der Waals surface area contributed by atoms with Crippen LogP contribution in [0.4, 0.5) is 4.39 Å². The fourth-order valence-electron chi connectivity index (χ4n) is 5.31. The van der Waals surface area contributed by atoms with Gasteiger partial charge in [0, 0.05) is 38.0 Å². The molecule has 1 aliphatic carbocycles. The summed E-state index contributed by atoms with van der Waals surface area (Å²) in [6.45, 7) is 0.539. The number of benzene rings is 2. The van der Waals surface area contributed by atoms with E-state index in [1.165, 1.54) is 28.5 Å². The topological polar surface area (TPSA) is 94.8 Å². The van der Waals surface area contributed by atoms with Gasteiger partial charge in [-0.2, -0.15) is 10.4 Å². The summed E-state index contributed by atoms with van der Waals surface area (Å²) >= 11 is 0. The van der Waals surface area contributed by atoms with Crippen LogP contribution in [0.2, 0.25) is 0 Å². The minimum atomic E-state index is -0.613. The van der Waals surface area contributed by atoms with Crippen LogP contribution in [0, 0.1) is 17.1 Å². The normalized spacial score (nSPS) is 19.7. The molecular formula is C28H26FN5O3. The van der Waals surface area contributed by atoms with E-state index in [1.807, 2.05) is 23.0 Å². The predicted molar refractivity (Wildman–Crippen MR) is 136 cm³/mol. The third kappa shape index (κ3) is 3.98. The molecule has 0 N–H and O–H groups in total. The third-order valence-corrected chi connectivity index (χ3v) is 7.70. The third-order valence-electron chi connectivity index (χ3n) is 7.70. The van der Waals surface area contributed by atoms with Gasteiger partial charge in [-0.05, 0) is 67.0 Å². The molecule has 0 radical (unpaired) electrons. The summed E-state index contributed by atoms with van der Waals surface area (Å²) < 4.78 is 25.8. The largest absolute Gasteiger partial charge is 0.373 e. The molecule has 4 aromatic rings. The highest BCUT2D eigenvalue weighted by molar-refractivity contribution is 5.96. The van der Waals surface area contributed by atoms with E-state index in [1.54, 1.807) is 13.1 Å². The van der Waals surface area contributed by atoms with Crippen LogP contribution >= 0.6 is 0 Å². The van der Waals surface area contributed by atoms with Gasteiger partial charge in [0.2, 0.25) is 0 Å². The molecule has 2 aromatic carbocycles. The maximum absolute atomic E-state index is 15.2. The number of fused-ring (bicyclic) bond motifs is 1. The van der Waals surface area contributed by atoms with Gasteiger partial charge in [0.05, 0.1) is 40.7 Å². The van der Waals surface area contributed by atoms with Gasteiger partial charge in [-0.25, -0.2) is 4.39 Å². The molecule has 8 nitrogen and oxygen atoms in total. The number of rotatable bonds is 4. The summed E-state index contributed by atoms with van der Waals surface area (Å²) in [5.41, 5.74) is 1.90. The highest BCUT2D eigenvalue weighted by atomic mass is 19.1. The van der Waals surface area contributed by atoms with Gasteiger partial charge in [0.15, 0.2) is 0 Å². The van der Waals surface area contributed by atoms with Crippen LogP contribution in [0.15, 0.2) is 52.3 Å². The maximum Gasteiger partial charge on any atom is 0.273 e. The van der Waals surface area contributed by atoms with Gasteiger partial charge in [0.1, 0.15) is 5.82 Å². The van der Waals surface area contributed by atoms with Gasteiger partial charge in [-0.3, -0.25) is 23.6 Å². The lowest BCUT2D eigenvalue weighted by Gasteiger charge is -2.30. The lowest BCUT2D eigenvalue weighted by molar-refractivity contribution is 0.00524. The highest BCUT2D eigenvalue weighted by Gasteiger charge is 2.30. The molecule has 2 fully saturated rings. The Bertz CT molecular complexity index is 1710. The lowest BCUT2D eigenvalue weighted by Crippen LogP contribution is -2.35. The van der Waals surface area contributed by atoms with Gasteiger partial charge >= 0.3 is 0 Å². The molecule has 2 aromatic heterocycles. The fraction of sp³-hybridized carbons (Fsp3) is 0.357. The second-order valence-corrected chi connectivity index (χ2v) is 10.0. The first-order chi connectivity index (χ1) is 17.9. The Morgan fingerprint density at radius 3 is 2.54 bits per heavy atom. The molecule has 9 heteroatoms. The Balaban J connectivity index is 1.49. The van der Waals surface area contributed by atoms with Gasteiger partial charge in [-0.1, -0.05) is 6.07 Å². The van der Waals surface area contributed by atoms with E-state index in [9.17, 15) is 14.9 Å². The zero-order chi connectivity index (χ0) is 25.8. The number of nitriles is 1. The second-order valence-electron chi connectivity index (χ2n) is 10.0. The van der Waals surface area contributed by atoms with Crippen molar-refractivity contribution in [2.24, 2.45) is 14.1 Å². The van der Waals surface area contributed by atoms with Crippen molar-refractivity contribution < 1.29 is 9.13 Å². The monoisotopic (exact) mass is 499 g/mol. The molecule has 3 heterocycles. The van der Waals surface area contributed by atoms with E-state index in [-0.39, 0.29) is 45.0 Å². The molecular weight excluding hydrogens is 473 g/mol. The van der Waals surface area contributed by atoms with Crippen LogP contribution in [0.25, 0.3) is 21.9 Å². The van der Waals surface area contributed by atoms with E-state index >= 15 is 4.39 Å². The molecule has 2 atom stereocenters. The number of nitrogens with zero attached hydrogens (tertiary/aromatic N) is 5. The standard InChI is InChI=1S/C28H26FN5O3/c1-32-27(35)23-11-18(17-7-8-37-25(12-17)19-14-31-34(15-19)20-4-5-20)10-22(26(23)28(36)33(32)2)21-6-3-16(13-30)9-24(21)29/h3,6,9-11,14-15,17,20,25H,4-5,7-8,12H2,1-2H3/t17-,25+/m1/s1. The number of hydrogen-bond donors (Lipinski definition) is 0. The summed E-state index contributed by atoms with van der Waals surface area (Å²) in [6.07, 6.45) is 7.50. The summed E-state index contributed by atoms with van der Waals surface area (Å²) in [5.74, 6) is -0.570. The van der Waals surface area contributed by atoms with Crippen LogP contribution in [-0.4, -0.2) is 25.8 Å². The van der Waals surface area contributed by atoms with E-state index in [2.05, 4.69) is 11.3 Å². The number of ether oxygens (including phenoxy) is 1. The minimum Gasteiger partial charge on any atom is -0.373 e. The van der Waals surface area contributed by atoms with Crippen molar-refractivity contribution >= 4 is 10.8 Å². The fourth-order valence-corrected chi connectivity index (χ4v) is 5.31. The van der Waals surface area contributed by atoms with E-state index in [0.717, 1.165) is 36.5 Å². The maximum atomic E-state index is 15.2. The van der Waals surface area contributed by atoms with Crippen LogP contribution in [-0.2, 0) is 18.8 Å². The zero-order valence-electron chi connectivity index (χ0n) is 20.6. The van der Waals surface area contributed by atoms with Gasteiger partial charge in [0.25, 0.3) is 11.1 Å². The highest BCUT2D eigenvalue weighted by Crippen LogP contribution is 2.41. The van der Waals surface area contributed by atoms with Crippen molar-refractivity contribution in [2.75, 3.05) is 6.61 Å². The van der Waals surface area contributed by atoms with E-state index < -0.39 is 5.82 Å². The van der Waals surface area contributed by atoms with E-state index in [0.29, 0.717) is 24.6 Å². The van der Waals surface area contributed by atoms with Crippen molar-refractivity contribution in [3.63, 3.8) is 0 Å². The first kappa shape index (κ1) is 23.4. The number of halogens is 1. The van der Waals surface area contributed by atoms with Crippen molar-refractivity contribution in [2.45, 2.75) is 43.7 Å². The molecule has 6 rings (SSSR count). The molecule has 188 valence electrons. The predicted octanol–water partition coefficient (Wildman–Crippen LogP) is 4.08. The zero-order valence-corrected chi connectivity index (χ0v) is 20.6. The summed E-state index contributed by atoms with van der Waals surface area (Å²) in [5, 5.41) is 14.1. The smallest absolute Gasteiger partial charge is 0.273 e. The average molecular weight is 500 g/mol. The molecule has 1 aliphatic heterocycles. The molecule has 1 saturated heterocycles. The summed E-state index contributed by atoms with van der Waals surface area (Å²) in [6, 6.07) is 10.2. The summed E-state index contributed by atoms with van der Waals surface area (Å²) in [7, 11) is 3.06. The van der Waals surface area contributed by atoms with Gasteiger partial charge in [-0.15, -0.1) is 0 Å². The number of hydrogen-bond acceptors (Lipinski definition) is 5. The number of aromatic nitrogens is 4. The molecule has 37 heavy (non-hydrogen) atoms. The Hall–Kier alpha value is -4.03. The Morgan fingerprint density at radius 2 is 1.81 bits per heavy atom. The van der Waals surface area contributed by atoms with Crippen LogP contribution < -0.4 is 11.1 Å². The van der Waals surface area contributed by atoms with Crippen molar-refractivity contribution in [1.82, 2.24) is 19.1 Å². The van der Waals surface area contributed by atoms with Crippen molar-refractivity contribution in [1.29, 1.82) is 5.26 Å². The minimum absolute atomic E-state index is 0.0429. The summed E-state index contributed by atoms with van der Waals surface area (Å²) in [4.78, 5) is 26.6. The molecule has 0 spiro atoms. The van der Waals surface area contributed by atoms with Crippen molar-refractivity contribution in [3.8, 4) is 17.2 Å². The van der Waals surface area contributed by atoms with Crippen molar-refractivity contribution in [3.05, 3.63) is 85.9 Å². The Morgan fingerprint density at radius 1 is 1.03 bits per heavy atom. The van der Waals surface area contributed by atoms with Gasteiger partial charge < -0.3 is 4.74 Å². The van der Waals surface area contributed by atoms with Crippen LogP contribution in [0.5, 0.6) is 0 Å². The molecule has 0 unspecified atom stereocenters. The lowest BCUT2D eigenvalue weighted by atomic mass is 9.84. The second kappa shape index (κ2) is 8.82. The Kier molecular flexibility index (Phi) is 5.57. The Labute approximate surface area is 212 Å². The molecule has 0 bridgehead atoms. The van der Waals surface area contributed by atoms with Crippen LogP contribution in [0.1, 0.15) is 60.4 Å². The molecule has 1 saturated carbocycles. The average Bonchev–Trinajstić information content (AvgIpc) is 3.66. The first-order valence-corrected chi connectivity index (χ1v) is 12.5. The molecule has 0 amide bonds. The first-order valence-electron chi connectivity index (χ1n) is 12.5. The molecule has 2 aliphatic rings. The SMILES string of the molecule is Cn1c(=O)c2cc([C@@H]3CCO[C@H](c4cnn(C5CC5)c4)C3)cc(-c3ccc(C#N)cc3F)c2c(=O)n1C. The van der Waals surface area contributed by atoms with E-state index in [4.69, 9.17) is 4.74 Å². The van der Waals surface area contributed by atoms with Crippen LogP contribution in [0.3, 0.4) is 0 Å². The quantitative estimate of drug-likeness (QED) is 0.422.